The zero-order valence-corrected chi connectivity index (χ0v) is 9.94. The Morgan fingerprint density at radius 1 is 1.41 bits per heavy atom. The molecular formula is C14H16N2O. The molecule has 0 spiro atoms. The molecule has 0 aliphatic heterocycles. The quantitative estimate of drug-likeness (QED) is 0.621. The van der Waals surface area contributed by atoms with Crippen LogP contribution in [0.2, 0.25) is 0 Å². The molecular weight excluding hydrogens is 212 g/mol. The summed E-state index contributed by atoms with van der Waals surface area (Å²) in [5, 5.41) is 11.4. The third-order valence-corrected chi connectivity index (χ3v) is 2.30. The summed E-state index contributed by atoms with van der Waals surface area (Å²) in [6.07, 6.45) is 5.32. The summed E-state index contributed by atoms with van der Waals surface area (Å²) in [4.78, 5) is 11.4. The Morgan fingerprint density at radius 2 is 2.12 bits per heavy atom. The van der Waals surface area contributed by atoms with Gasteiger partial charge in [-0.2, -0.15) is 5.26 Å². The molecule has 0 aliphatic rings. The first-order chi connectivity index (χ1) is 8.26. The lowest BCUT2D eigenvalue weighted by Gasteiger charge is -1.99. The predicted octanol–water partition coefficient (Wildman–Crippen LogP) is 2.49. The average molecular weight is 228 g/mol. The summed E-state index contributed by atoms with van der Waals surface area (Å²) < 4.78 is 0. The number of carbonyl (C=O) groups is 1. The third-order valence-electron chi connectivity index (χ3n) is 2.30. The number of carbonyl (C=O) groups excluding carboxylic acids is 1. The normalized spacial score (nSPS) is 10.1. The van der Waals surface area contributed by atoms with Crippen LogP contribution in [0.5, 0.6) is 0 Å². The van der Waals surface area contributed by atoms with Gasteiger partial charge in [-0.3, -0.25) is 4.79 Å². The largest absolute Gasteiger partial charge is 0.353 e. The minimum absolute atomic E-state index is 0.0807. The fourth-order valence-electron chi connectivity index (χ4n) is 1.29. The smallest absolute Gasteiger partial charge is 0.243 e. The number of nitrogens with zero attached hydrogens (tertiary/aromatic N) is 1. The van der Waals surface area contributed by atoms with Gasteiger partial charge in [-0.1, -0.05) is 25.5 Å². The number of nitrogens with one attached hydrogen (secondary N) is 1. The monoisotopic (exact) mass is 228 g/mol. The molecule has 0 saturated heterocycles. The minimum atomic E-state index is -0.0807. The van der Waals surface area contributed by atoms with Gasteiger partial charge in [-0.05, 0) is 30.2 Å². The molecule has 1 N–H and O–H groups in total. The van der Waals surface area contributed by atoms with Crippen LogP contribution in [0.4, 0.5) is 0 Å². The third kappa shape index (κ3) is 4.98. The van der Waals surface area contributed by atoms with E-state index in [-0.39, 0.29) is 5.91 Å². The topological polar surface area (TPSA) is 52.9 Å². The SMILES string of the molecule is CCCCNC(=O)/C=C/c1ccc(C#N)cc1. The summed E-state index contributed by atoms with van der Waals surface area (Å²) in [7, 11) is 0. The fourth-order valence-corrected chi connectivity index (χ4v) is 1.29. The van der Waals surface area contributed by atoms with Gasteiger partial charge in [0.15, 0.2) is 0 Å². The number of rotatable bonds is 5. The Morgan fingerprint density at radius 3 is 2.71 bits per heavy atom. The molecule has 0 heterocycles. The van der Waals surface area contributed by atoms with Crippen molar-refractivity contribution in [3.8, 4) is 6.07 Å². The van der Waals surface area contributed by atoms with Crippen molar-refractivity contribution in [1.29, 1.82) is 5.26 Å². The second-order valence-electron chi connectivity index (χ2n) is 3.71. The minimum Gasteiger partial charge on any atom is -0.353 e. The molecule has 1 aromatic rings. The lowest BCUT2D eigenvalue weighted by molar-refractivity contribution is -0.116. The van der Waals surface area contributed by atoms with E-state index >= 15 is 0 Å². The van der Waals surface area contributed by atoms with Crippen molar-refractivity contribution < 1.29 is 4.79 Å². The first-order valence-electron chi connectivity index (χ1n) is 5.72. The summed E-state index contributed by atoms with van der Waals surface area (Å²) >= 11 is 0. The summed E-state index contributed by atoms with van der Waals surface area (Å²) in [6.45, 7) is 2.80. The van der Waals surface area contributed by atoms with Gasteiger partial charge < -0.3 is 5.32 Å². The van der Waals surface area contributed by atoms with Crippen molar-refractivity contribution in [2.45, 2.75) is 19.8 Å². The molecule has 0 fully saturated rings. The van der Waals surface area contributed by atoms with E-state index in [1.165, 1.54) is 6.08 Å². The number of unbranched alkanes of at least 4 members (excludes halogenated alkanes) is 1. The molecule has 17 heavy (non-hydrogen) atoms. The summed E-state index contributed by atoms with van der Waals surface area (Å²) in [5.41, 5.74) is 1.53. The zero-order valence-electron chi connectivity index (χ0n) is 9.94. The molecule has 1 aromatic carbocycles. The van der Waals surface area contributed by atoms with E-state index in [1.54, 1.807) is 18.2 Å². The predicted molar refractivity (Wildman–Crippen MR) is 68.1 cm³/mol. The highest BCUT2D eigenvalue weighted by molar-refractivity contribution is 5.91. The van der Waals surface area contributed by atoms with E-state index in [2.05, 4.69) is 18.3 Å². The van der Waals surface area contributed by atoms with Crippen molar-refractivity contribution >= 4 is 12.0 Å². The van der Waals surface area contributed by atoms with Gasteiger partial charge in [-0.15, -0.1) is 0 Å². The van der Waals surface area contributed by atoms with E-state index < -0.39 is 0 Å². The van der Waals surface area contributed by atoms with Crippen LogP contribution in [0.1, 0.15) is 30.9 Å². The highest BCUT2D eigenvalue weighted by Crippen LogP contribution is 2.04. The summed E-state index contributed by atoms with van der Waals surface area (Å²) in [6, 6.07) is 9.14. The van der Waals surface area contributed by atoms with Crippen LogP contribution in [0.15, 0.2) is 30.3 Å². The van der Waals surface area contributed by atoms with Gasteiger partial charge in [0.1, 0.15) is 0 Å². The standard InChI is InChI=1S/C14H16N2O/c1-2-3-10-16-14(17)9-8-12-4-6-13(11-15)7-5-12/h4-9H,2-3,10H2,1H3,(H,16,17)/b9-8+. The molecule has 88 valence electrons. The van der Waals surface area contributed by atoms with Crippen LogP contribution >= 0.6 is 0 Å². The molecule has 0 aromatic heterocycles. The van der Waals surface area contributed by atoms with E-state index in [1.807, 2.05) is 12.1 Å². The zero-order chi connectivity index (χ0) is 12.5. The Labute approximate surface area is 102 Å². The van der Waals surface area contributed by atoms with Crippen molar-refractivity contribution in [3.63, 3.8) is 0 Å². The first kappa shape index (κ1) is 13.0. The molecule has 0 radical (unpaired) electrons. The van der Waals surface area contributed by atoms with Crippen molar-refractivity contribution in [2.75, 3.05) is 6.54 Å². The molecule has 0 atom stereocenters. The molecule has 0 aliphatic carbocycles. The lowest BCUT2D eigenvalue weighted by atomic mass is 10.1. The van der Waals surface area contributed by atoms with E-state index in [0.717, 1.165) is 18.4 Å². The highest BCUT2D eigenvalue weighted by Gasteiger charge is 1.94. The van der Waals surface area contributed by atoms with Crippen molar-refractivity contribution in [2.24, 2.45) is 0 Å². The number of hydrogen-bond acceptors (Lipinski definition) is 2. The second kappa shape index (κ2) is 7.24. The fraction of sp³-hybridized carbons (Fsp3) is 0.286. The van der Waals surface area contributed by atoms with Crippen LogP contribution in [-0.4, -0.2) is 12.5 Å². The Kier molecular flexibility index (Phi) is 5.53. The van der Waals surface area contributed by atoms with Gasteiger partial charge in [0.25, 0.3) is 0 Å². The maximum absolute atomic E-state index is 11.4. The van der Waals surface area contributed by atoms with Crippen molar-refractivity contribution in [1.82, 2.24) is 5.32 Å². The second-order valence-corrected chi connectivity index (χ2v) is 3.71. The van der Waals surface area contributed by atoms with E-state index in [9.17, 15) is 4.79 Å². The molecule has 0 saturated carbocycles. The van der Waals surface area contributed by atoms with Crippen LogP contribution in [0.3, 0.4) is 0 Å². The average Bonchev–Trinajstić information content (AvgIpc) is 2.37. The maximum atomic E-state index is 11.4. The van der Waals surface area contributed by atoms with Gasteiger partial charge in [0, 0.05) is 12.6 Å². The van der Waals surface area contributed by atoms with Crippen LogP contribution in [0.25, 0.3) is 6.08 Å². The van der Waals surface area contributed by atoms with Crippen LogP contribution in [0, 0.1) is 11.3 Å². The summed E-state index contributed by atoms with van der Waals surface area (Å²) in [5.74, 6) is -0.0807. The number of benzene rings is 1. The molecule has 1 rings (SSSR count). The first-order valence-corrected chi connectivity index (χ1v) is 5.72. The number of amides is 1. The Balaban J connectivity index is 2.47. The Bertz CT molecular complexity index is 427. The highest BCUT2D eigenvalue weighted by atomic mass is 16.1. The van der Waals surface area contributed by atoms with Gasteiger partial charge in [0.05, 0.1) is 11.6 Å². The van der Waals surface area contributed by atoms with E-state index in [4.69, 9.17) is 5.26 Å². The maximum Gasteiger partial charge on any atom is 0.243 e. The van der Waals surface area contributed by atoms with Gasteiger partial charge in [-0.25, -0.2) is 0 Å². The number of nitriles is 1. The molecule has 0 unspecified atom stereocenters. The lowest BCUT2D eigenvalue weighted by Crippen LogP contribution is -2.21. The van der Waals surface area contributed by atoms with Crippen LogP contribution in [-0.2, 0) is 4.79 Å². The number of hydrogen-bond donors (Lipinski definition) is 1. The van der Waals surface area contributed by atoms with E-state index in [0.29, 0.717) is 12.1 Å². The van der Waals surface area contributed by atoms with Crippen molar-refractivity contribution in [3.05, 3.63) is 41.5 Å². The molecule has 0 bridgehead atoms. The Hall–Kier alpha value is -2.08. The van der Waals surface area contributed by atoms with Gasteiger partial charge in [0.2, 0.25) is 5.91 Å². The van der Waals surface area contributed by atoms with Crippen LogP contribution < -0.4 is 5.32 Å². The molecule has 3 heteroatoms. The molecule has 3 nitrogen and oxygen atoms in total. The molecule has 1 amide bonds. The van der Waals surface area contributed by atoms with Gasteiger partial charge >= 0.3 is 0 Å².